The highest BCUT2D eigenvalue weighted by molar-refractivity contribution is 6.32. The number of amides is 1. The molecule has 1 atom stereocenters. The number of aliphatic hydroxyl groups is 1. The highest BCUT2D eigenvalue weighted by atomic mass is 35.5. The van der Waals surface area contributed by atoms with E-state index in [0.717, 1.165) is 30.3 Å². The zero-order valence-electron chi connectivity index (χ0n) is 18.6. The van der Waals surface area contributed by atoms with Gasteiger partial charge in [0.2, 0.25) is 0 Å². The summed E-state index contributed by atoms with van der Waals surface area (Å²) < 4.78 is 78.6. The zero-order chi connectivity index (χ0) is 26.6. The van der Waals surface area contributed by atoms with Crippen LogP contribution in [0.4, 0.5) is 27.6 Å². The van der Waals surface area contributed by atoms with Crippen LogP contribution in [0.5, 0.6) is 17.2 Å². The number of halogens is 6. The molecule has 0 spiro atoms. The largest absolute Gasteiger partial charge is 0.488 e. The number of anilines is 1. The van der Waals surface area contributed by atoms with E-state index in [4.69, 9.17) is 26.8 Å². The fourth-order valence-electron chi connectivity index (χ4n) is 3.02. The number of nitrogens with two attached hydrogens (primary N) is 1. The number of aliphatic hydroxyl groups excluding tert-OH is 1. The second kappa shape index (κ2) is 11.1. The predicted octanol–water partition coefficient (Wildman–Crippen LogP) is 5.69. The van der Waals surface area contributed by atoms with Crippen molar-refractivity contribution in [3.05, 3.63) is 81.9 Å². The number of ether oxygens (including phenoxy) is 2. The van der Waals surface area contributed by atoms with Gasteiger partial charge in [-0.2, -0.15) is 13.2 Å². The Kier molecular flexibility index (Phi) is 8.39. The summed E-state index contributed by atoms with van der Waals surface area (Å²) in [6.07, 6.45) is -5.90. The molecule has 0 heterocycles. The molecule has 0 unspecified atom stereocenters. The quantitative estimate of drug-likeness (QED) is 0.325. The fraction of sp³-hybridized carbons (Fsp3) is 0.208. The van der Waals surface area contributed by atoms with E-state index < -0.39 is 46.2 Å². The van der Waals surface area contributed by atoms with Crippen molar-refractivity contribution in [2.45, 2.75) is 19.2 Å². The molecule has 192 valence electrons. The van der Waals surface area contributed by atoms with Crippen LogP contribution in [-0.2, 0) is 6.18 Å². The predicted molar refractivity (Wildman–Crippen MR) is 123 cm³/mol. The van der Waals surface area contributed by atoms with Gasteiger partial charge in [0.1, 0.15) is 30.0 Å². The summed E-state index contributed by atoms with van der Waals surface area (Å²) in [5, 5.41) is 11.2. The molecule has 6 nitrogen and oxygen atoms in total. The van der Waals surface area contributed by atoms with E-state index in [1.54, 1.807) is 0 Å². The van der Waals surface area contributed by atoms with Crippen molar-refractivity contribution in [3.8, 4) is 17.2 Å². The molecule has 0 saturated heterocycles. The standard InChI is InChI=1S/C24H20ClF5N2O4/c1-12-6-13(26)2-5-20(12)36-21-9-17(24(28,29)30)18(25)8-16(21)23(34)32-14-3-4-19(27)22(7-14)35-11-15(33)10-31/h2-9,15,33H,10-11,31H2,1H3,(H,32,34)/t15-/m0/s1. The van der Waals surface area contributed by atoms with Crippen LogP contribution < -0.4 is 20.5 Å². The molecule has 4 N–H and O–H groups in total. The van der Waals surface area contributed by atoms with Crippen molar-refractivity contribution in [1.82, 2.24) is 0 Å². The van der Waals surface area contributed by atoms with Crippen LogP contribution in [0.15, 0.2) is 48.5 Å². The van der Waals surface area contributed by atoms with E-state index in [0.29, 0.717) is 6.07 Å². The van der Waals surface area contributed by atoms with Gasteiger partial charge in [-0.1, -0.05) is 11.6 Å². The molecule has 3 rings (SSSR count). The van der Waals surface area contributed by atoms with Crippen molar-refractivity contribution in [2.75, 3.05) is 18.5 Å². The number of nitrogens with one attached hydrogen (secondary N) is 1. The first kappa shape index (κ1) is 27.2. The maximum Gasteiger partial charge on any atom is 0.417 e. The number of rotatable bonds is 8. The molecule has 3 aromatic carbocycles. The molecule has 0 aliphatic heterocycles. The normalized spacial score (nSPS) is 12.2. The maximum atomic E-state index is 14.0. The molecule has 0 aliphatic rings. The Morgan fingerprint density at radius 2 is 1.81 bits per heavy atom. The molecule has 36 heavy (non-hydrogen) atoms. The highest BCUT2D eigenvalue weighted by Crippen LogP contribution is 2.40. The number of aryl methyl sites for hydroxylation is 1. The molecule has 0 aliphatic carbocycles. The zero-order valence-corrected chi connectivity index (χ0v) is 19.4. The van der Waals surface area contributed by atoms with E-state index in [1.807, 2.05) is 0 Å². The summed E-state index contributed by atoms with van der Waals surface area (Å²) in [5.41, 5.74) is 3.96. The molecular weight excluding hydrogens is 511 g/mol. The monoisotopic (exact) mass is 530 g/mol. The van der Waals surface area contributed by atoms with Crippen molar-refractivity contribution in [3.63, 3.8) is 0 Å². The highest BCUT2D eigenvalue weighted by Gasteiger charge is 2.35. The maximum absolute atomic E-state index is 14.0. The third-order valence-electron chi connectivity index (χ3n) is 4.87. The number of alkyl halides is 3. The Morgan fingerprint density at radius 3 is 2.44 bits per heavy atom. The molecular formula is C24H20ClF5N2O4. The third-order valence-corrected chi connectivity index (χ3v) is 5.18. The second-order valence-corrected chi connectivity index (χ2v) is 8.04. The number of hydrogen-bond acceptors (Lipinski definition) is 5. The van der Waals surface area contributed by atoms with E-state index in [-0.39, 0.29) is 41.5 Å². The summed E-state index contributed by atoms with van der Waals surface area (Å²) in [6.45, 7) is 1.04. The van der Waals surface area contributed by atoms with Gasteiger partial charge in [-0.25, -0.2) is 8.78 Å². The van der Waals surface area contributed by atoms with E-state index in [1.165, 1.54) is 19.1 Å². The fourth-order valence-corrected chi connectivity index (χ4v) is 3.29. The molecule has 0 bridgehead atoms. The van der Waals surface area contributed by atoms with Crippen molar-refractivity contribution in [2.24, 2.45) is 5.73 Å². The van der Waals surface area contributed by atoms with E-state index >= 15 is 0 Å². The first-order valence-corrected chi connectivity index (χ1v) is 10.7. The van der Waals surface area contributed by atoms with E-state index in [2.05, 4.69) is 5.32 Å². The number of carbonyl (C=O) groups is 1. The smallest absolute Gasteiger partial charge is 0.417 e. The summed E-state index contributed by atoms with van der Waals surface area (Å²) in [6, 6.07) is 8.00. The molecule has 0 saturated carbocycles. The Morgan fingerprint density at radius 1 is 1.08 bits per heavy atom. The first-order chi connectivity index (χ1) is 16.9. The van der Waals surface area contributed by atoms with Crippen LogP contribution in [0.3, 0.4) is 0 Å². The molecule has 3 aromatic rings. The number of carbonyl (C=O) groups excluding carboxylic acids is 1. The SMILES string of the molecule is Cc1cc(F)ccc1Oc1cc(C(F)(F)F)c(Cl)cc1C(=O)Nc1ccc(F)c(OC[C@@H](O)CN)c1. The summed E-state index contributed by atoms with van der Waals surface area (Å²) >= 11 is 5.81. The van der Waals surface area contributed by atoms with Gasteiger partial charge in [0.15, 0.2) is 11.6 Å². The Labute approximate surface area is 207 Å². The van der Waals surface area contributed by atoms with Crippen molar-refractivity contribution in [1.29, 1.82) is 0 Å². The third kappa shape index (κ3) is 6.62. The summed E-state index contributed by atoms with van der Waals surface area (Å²) in [4.78, 5) is 13.0. The van der Waals surface area contributed by atoms with Gasteiger partial charge in [0, 0.05) is 18.3 Å². The van der Waals surface area contributed by atoms with E-state index in [9.17, 15) is 31.9 Å². The lowest BCUT2D eigenvalue weighted by atomic mass is 10.1. The van der Waals surface area contributed by atoms with Gasteiger partial charge >= 0.3 is 6.18 Å². The molecule has 0 fully saturated rings. The van der Waals surface area contributed by atoms with Gasteiger partial charge in [0.05, 0.1) is 16.1 Å². The minimum atomic E-state index is -4.85. The molecule has 1 amide bonds. The van der Waals surface area contributed by atoms with Crippen LogP contribution in [0, 0.1) is 18.6 Å². The minimum absolute atomic E-state index is 0.0110. The van der Waals surface area contributed by atoms with Crippen LogP contribution in [0.1, 0.15) is 21.5 Å². The van der Waals surface area contributed by atoms with Gasteiger partial charge in [-0.05, 0) is 55.0 Å². The average molecular weight is 531 g/mol. The van der Waals surface area contributed by atoms with Gasteiger partial charge in [-0.3, -0.25) is 4.79 Å². The summed E-state index contributed by atoms with van der Waals surface area (Å²) in [5.74, 6) is -3.09. The molecule has 0 radical (unpaired) electrons. The lowest BCUT2D eigenvalue weighted by molar-refractivity contribution is -0.137. The van der Waals surface area contributed by atoms with Gasteiger partial charge < -0.3 is 25.6 Å². The molecule has 0 aromatic heterocycles. The first-order valence-electron chi connectivity index (χ1n) is 10.4. The topological polar surface area (TPSA) is 93.8 Å². The number of benzene rings is 3. The summed E-state index contributed by atoms with van der Waals surface area (Å²) in [7, 11) is 0. The van der Waals surface area contributed by atoms with Crippen LogP contribution in [0.25, 0.3) is 0 Å². The van der Waals surface area contributed by atoms with Crippen molar-refractivity contribution < 1.29 is 41.3 Å². The Bertz CT molecular complexity index is 1270. The van der Waals surface area contributed by atoms with Crippen molar-refractivity contribution >= 4 is 23.2 Å². The average Bonchev–Trinajstić information content (AvgIpc) is 2.80. The second-order valence-electron chi connectivity index (χ2n) is 7.64. The lowest BCUT2D eigenvalue weighted by Crippen LogP contribution is -2.26. The lowest BCUT2D eigenvalue weighted by Gasteiger charge is -2.17. The van der Waals surface area contributed by atoms with Gasteiger partial charge in [0.25, 0.3) is 5.91 Å². The Hall–Kier alpha value is -3.41. The van der Waals surface area contributed by atoms with Crippen LogP contribution in [-0.4, -0.2) is 30.3 Å². The van der Waals surface area contributed by atoms with Crippen LogP contribution in [0.2, 0.25) is 5.02 Å². The number of hydrogen-bond donors (Lipinski definition) is 3. The van der Waals surface area contributed by atoms with Gasteiger partial charge in [-0.15, -0.1) is 0 Å². The Balaban J connectivity index is 1.96. The van der Waals surface area contributed by atoms with Crippen LogP contribution >= 0.6 is 11.6 Å². The minimum Gasteiger partial charge on any atom is -0.488 e. The molecule has 12 heteroatoms.